The van der Waals surface area contributed by atoms with Gasteiger partial charge in [0.15, 0.2) is 5.78 Å². The molecule has 0 aromatic heterocycles. The van der Waals surface area contributed by atoms with Gasteiger partial charge in [0, 0.05) is 42.1 Å². The van der Waals surface area contributed by atoms with Gasteiger partial charge in [0.25, 0.3) is 0 Å². The molecular weight excluding hydrogens is 706 g/mol. The van der Waals surface area contributed by atoms with Gasteiger partial charge in [-0.25, -0.2) is 0 Å². The van der Waals surface area contributed by atoms with Crippen LogP contribution < -0.4 is 10.6 Å². The molecule has 2 unspecified atom stereocenters. The predicted molar refractivity (Wildman–Crippen MR) is 189 cm³/mol. The first-order valence-corrected chi connectivity index (χ1v) is 16.9. The minimum atomic E-state index is -1.34. The van der Waals surface area contributed by atoms with E-state index >= 15 is 0 Å². The Kier molecular flexibility index (Phi) is 11.9. The third kappa shape index (κ3) is 9.86. The predicted octanol–water partition coefficient (Wildman–Crippen LogP) is 9.75. The van der Waals surface area contributed by atoms with E-state index in [9.17, 15) is 19.2 Å². The summed E-state index contributed by atoms with van der Waals surface area (Å²) in [6, 6.07) is 15.0. The maximum Gasteiger partial charge on any atom is 0.306 e. The van der Waals surface area contributed by atoms with Crippen molar-refractivity contribution in [3.05, 3.63) is 91.9 Å². The number of nitrogens with one attached hydrogen (secondary N) is 2. The van der Waals surface area contributed by atoms with E-state index in [-0.39, 0.29) is 47.5 Å². The molecule has 1 aliphatic carbocycles. The Morgan fingerprint density at radius 3 is 2.11 bits per heavy atom. The summed E-state index contributed by atoms with van der Waals surface area (Å²) in [5.41, 5.74) is 2.94. The number of carbonyl (C=O) groups is 4. The molecule has 2 atom stereocenters. The molecule has 3 aromatic carbocycles. The smallest absolute Gasteiger partial charge is 0.306 e. The van der Waals surface area contributed by atoms with E-state index in [1.807, 2.05) is 27.7 Å². The largest absolute Gasteiger partial charge is 0.460 e. The third-order valence-electron chi connectivity index (χ3n) is 7.61. The summed E-state index contributed by atoms with van der Waals surface area (Å²) in [4.78, 5) is 50.8. The van der Waals surface area contributed by atoms with E-state index in [1.54, 1.807) is 48.5 Å². The van der Waals surface area contributed by atoms with E-state index in [0.29, 0.717) is 39.8 Å². The van der Waals surface area contributed by atoms with Crippen molar-refractivity contribution < 1.29 is 23.9 Å². The molecule has 0 radical (unpaired) electrons. The van der Waals surface area contributed by atoms with Gasteiger partial charge in [-0.15, -0.1) is 23.2 Å². The molecule has 1 aliphatic rings. The van der Waals surface area contributed by atoms with Crippen molar-refractivity contribution in [2.75, 3.05) is 10.6 Å². The van der Waals surface area contributed by atoms with Crippen LogP contribution in [0.4, 0.5) is 11.4 Å². The average molecular weight is 741 g/mol. The number of hydrogen-bond acceptors (Lipinski definition) is 5. The summed E-state index contributed by atoms with van der Waals surface area (Å²) in [7, 11) is 0. The summed E-state index contributed by atoms with van der Waals surface area (Å²) in [6.07, 6.45) is 1.68. The summed E-state index contributed by atoms with van der Waals surface area (Å²) in [5, 5.41) is 6.61. The van der Waals surface area contributed by atoms with Gasteiger partial charge in [-0.2, -0.15) is 0 Å². The molecule has 250 valence electrons. The van der Waals surface area contributed by atoms with Crippen LogP contribution in [-0.4, -0.2) is 33.5 Å². The Morgan fingerprint density at radius 2 is 1.45 bits per heavy atom. The van der Waals surface area contributed by atoms with Crippen molar-refractivity contribution >= 4 is 92.9 Å². The monoisotopic (exact) mass is 738 g/mol. The van der Waals surface area contributed by atoms with Crippen LogP contribution in [0.3, 0.4) is 0 Å². The van der Waals surface area contributed by atoms with Gasteiger partial charge in [0.1, 0.15) is 9.93 Å². The summed E-state index contributed by atoms with van der Waals surface area (Å²) in [6.45, 7) is 7.29. The minimum absolute atomic E-state index is 0.0519. The topological polar surface area (TPSA) is 102 Å². The Bertz CT molecular complexity index is 1700. The lowest BCUT2D eigenvalue weighted by Crippen LogP contribution is -2.23. The van der Waals surface area contributed by atoms with Gasteiger partial charge in [-0.1, -0.05) is 46.9 Å². The highest BCUT2D eigenvalue weighted by atomic mass is 35.5. The number of ketones is 1. The van der Waals surface area contributed by atoms with E-state index in [4.69, 9.17) is 62.7 Å². The van der Waals surface area contributed by atoms with Crippen molar-refractivity contribution in [2.24, 2.45) is 5.92 Å². The van der Waals surface area contributed by atoms with E-state index in [2.05, 4.69) is 10.6 Å². The minimum Gasteiger partial charge on any atom is -0.460 e. The lowest BCUT2D eigenvalue weighted by molar-refractivity contribution is -0.155. The molecule has 47 heavy (non-hydrogen) atoms. The molecule has 4 rings (SSSR count). The molecular formula is C35H35Cl5N2O5. The van der Waals surface area contributed by atoms with Gasteiger partial charge >= 0.3 is 5.97 Å². The van der Waals surface area contributed by atoms with Crippen molar-refractivity contribution in [3.63, 3.8) is 0 Å². The maximum atomic E-state index is 13.3. The standard InChI is InChI=1S/C35H35Cl5N2O5/c1-19-15-22(41-29(44)7-5-6-8-30(45)47-34(2,3)4)11-9-20(19)17-28(43)24-18-23(12-14-25(24)36)42-33(46)32-31(35(32,39)40)21-10-13-26(37)27(38)16-21/h9-16,18,31-32H,5-8,17H2,1-4H3,(H,41,44)(H,42,46). The fraction of sp³-hybridized carbons (Fsp3) is 0.371. The SMILES string of the molecule is Cc1cc(NC(=O)CCCCC(=O)OC(C)(C)C)ccc1CC(=O)c1cc(NC(=O)C2C(c3ccc(Cl)c(Cl)c3)C2(Cl)Cl)ccc1Cl. The first-order chi connectivity index (χ1) is 22.0. The number of ether oxygens (including phenoxy) is 1. The van der Waals surface area contributed by atoms with E-state index in [1.165, 1.54) is 6.07 Å². The maximum absolute atomic E-state index is 13.3. The second-order valence-corrected chi connectivity index (χ2v) is 15.2. The zero-order valence-electron chi connectivity index (χ0n) is 26.3. The number of Topliss-reactive ketones (excluding diaryl/α,β-unsaturated/α-hetero) is 1. The van der Waals surface area contributed by atoms with Crippen LogP contribution >= 0.6 is 58.0 Å². The number of hydrogen-bond donors (Lipinski definition) is 2. The summed E-state index contributed by atoms with van der Waals surface area (Å²) < 4.78 is 3.95. The Hall–Kier alpha value is -2.81. The normalized spacial score (nSPS) is 16.7. The second-order valence-electron chi connectivity index (χ2n) is 12.6. The number of carbonyl (C=O) groups excluding carboxylic acids is 4. The highest BCUT2D eigenvalue weighted by Crippen LogP contribution is 2.65. The number of benzene rings is 3. The molecule has 0 spiro atoms. The van der Waals surface area contributed by atoms with Crippen LogP contribution in [0.5, 0.6) is 0 Å². The van der Waals surface area contributed by atoms with E-state index in [0.717, 1.165) is 11.1 Å². The van der Waals surface area contributed by atoms with Crippen molar-refractivity contribution in [3.8, 4) is 0 Å². The second kappa shape index (κ2) is 15.2. The van der Waals surface area contributed by atoms with Crippen LogP contribution in [0.2, 0.25) is 15.1 Å². The Morgan fingerprint density at radius 1 is 0.809 bits per heavy atom. The molecule has 0 bridgehead atoms. The molecule has 1 fully saturated rings. The number of rotatable bonds is 12. The lowest BCUT2D eigenvalue weighted by atomic mass is 9.98. The zero-order chi connectivity index (χ0) is 34.7. The van der Waals surface area contributed by atoms with E-state index < -0.39 is 27.7 Å². The fourth-order valence-electron chi connectivity index (χ4n) is 5.22. The van der Waals surface area contributed by atoms with Crippen molar-refractivity contribution in [1.82, 2.24) is 0 Å². The summed E-state index contributed by atoms with van der Waals surface area (Å²) >= 11 is 31.5. The molecule has 0 heterocycles. The number of halogens is 5. The van der Waals surface area contributed by atoms with Gasteiger partial charge in [0.05, 0.1) is 21.0 Å². The molecule has 2 N–H and O–H groups in total. The Labute approximate surface area is 299 Å². The van der Waals surface area contributed by atoms with Gasteiger partial charge in [0.2, 0.25) is 11.8 Å². The lowest BCUT2D eigenvalue weighted by Gasteiger charge is -2.19. The molecule has 2 amide bonds. The zero-order valence-corrected chi connectivity index (χ0v) is 30.1. The number of esters is 1. The van der Waals surface area contributed by atoms with Gasteiger partial charge in [-0.05, 0) is 99.7 Å². The van der Waals surface area contributed by atoms with Gasteiger partial charge < -0.3 is 15.4 Å². The highest BCUT2D eigenvalue weighted by molar-refractivity contribution is 6.53. The van der Waals surface area contributed by atoms with Crippen molar-refractivity contribution in [1.29, 1.82) is 0 Å². The first-order valence-electron chi connectivity index (χ1n) is 15.0. The fourth-order valence-corrected chi connectivity index (χ4v) is 6.58. The molecule has 0 aliphatic heterocycles. The number of alkyl halides is 2. The highest BCUT2D eigenvalue weighted by Gasteiger charge is 2.67. The molecule has 12 heteroatoms. The van der Waals surface area contributed by atoms with Crippen molar-refractivity contribution in [2.45, 2.75) is 75.7 Å². The molecule has 7 nitrogen and oxygen atoms in total. The Balaban J connectivity index is 1.32. The summed E-state index contributed by atoms with van der Waals surface area (Å²) in [5.74, 6) is -2.36. The van der Waals surface area contributed by atoms with Crippen LogP contribution in [0.1, 0.15) is 79.4 Å². The van der Waals surface area contributed by atoms with Crippen LogP contribution in [0, 0.1) is 12.8 Å². The van der Waals surface area contributed by atoms with Crippen LogP contribution in [-0.2, 0) is 25.5 Å². The number of aryl methyl sites for hydroxylation is 1. The van der Waals surface area contributed by atoms with Gasteiger partial charge in [-0.3, -0.25) is 19.2 Å². The number of unbranched alkanes of at least 4 members (excludes halogenated alkanes) is 1. The number of anilines is 2. The number of amides is 2. The molecule has 0 saturated heterocycles. The first kappa shape index (κ1) is 37.0. The van der Waals surface area contributed by atoms with Crippen LogP contribution in [0.15, 0.2) is 54.6 Å². The quantitative estimate of drug-likeness (QED) is 0.0834. The third-order valence-corrected chi connectivity index (χ3v) is 9.61. The molecule has 3 aromatic rings. The van der Waals surface area contributed by atoms with Crippen LogP contribution in [0.25, 0.3) is 0 Å². The molecule has 1 saturated carbocycles. The average Bonchev–Trinajstić information content (AvgIpc) is 3.55.